The number of rotatable bonds is 5. The summed E-state index contributed by atoms with van der Waals surface area (Å²) in [6.45, 7) is 8.60. The van der Waals surface area contributed by atoms with Crippen LogP contribution in [0.15, 0.2) is 43.1 Å². The largest absolute Gasteiger partial charge is 0.352 e. The van der Waals surface area contributed by atoms with Crippen LogP contribution in [0.3, 0.4) is 0 Å². The highest BCUT2D eigenvalue weighted by Crippen LogP contribution is 2.20. The number of hydrogen-bond acceptors (Lipinski definition) is 2. The van der Waals surface area contributed by atoms with E-state index in [2.05, 4.69) is 58.8 Å². The molecule has 0 spiro atoms. The predicted molar refractivity (Wildman–Crippen MR) is 76.4 cm³/mol. The lowest BCUT2D eigenvalue weighted by Gasteiger charge is -2.12. The minimum atomic E-state index is 0.713. The molecule has 94 valence electrons. The van der Waals surface area contributed by atoms with Crippen LogP contribution in [0.4, 0.5) is 5.95 Å². The lowest BCUT2D eigenvalue weighted by Crippen LogP contribution is -2.07. The van der Waals surface area contributed by atoms with Crippen LogP contribution in [0.5, 0.6) is 0 Å². The van der Waals surface area contributed by atoms with Gasteiger partial charge in [0.05, 0.1) is 11.4 Å². The zero-order valence-corrected chi connectivity index (χ0v) is 11.0. The maximum atomic E-state index is 4.50. The van der Waals surface area contributed by atoms with Gasteiger partial charge in [-0.3, -0.25) is 4.57 Å². The van der Waals surface area contributed by atoms with E-state index in [-0.39, 0.29) is 0 Å². The fourth-order valence-electron chi connectivity index (χ4n) is 2.01. The third-order valence-corrected chi connectivity index (χ3v) is 2.86. The van der Waals surface area contributed by atoms with Gasteiger partial charge in [-0.25, -0.2) is 4.98 Å². The number of hydrogen-bond donors (Lipinski definition) is 1. The molecule has 1 aromatic carbocycles. The lowest BCUT2D eigenvalue weighted by atomic mass is 10.1. The fraction of sp³-hybridized carbons (Fsp3) is 0.267. The van der Waals surface area contributed by atoms with Crippen molar-refractivity contribution in [2.45, 2.75) is 20.3 Å². The molecule has 0 aliphatic heterocycles. The summed E-state index contributed by atoms with van der Waals surface area (Å²) in [6, 6.07) is 8.41. The minimum absolute atomic E-state index is 0.713. The summed E-state index contributed by atoms with van der Waals surface area (Å²) >= 11 is 0. The van der Waals surface area contributed by atoms with Crippen molar-refractivity contribution in [3.05, 3.63) is 54.4 Å². The Morgan fingerprint density at radius 1 is 1.39 bits per heavy atom. The Bertz CT molecular complexity index is 540. The number of aryl methyl sites for hydroxylation is 2. The summed E-state index contributed by atoms with van der Waals surface area (Å²) in [4.78, 5) is 4.50. The molecule has 0 aliphatic carbocycles. The molecule has 0 unspecified atom stereocenters. The fourth-order valence-corrected chi connectivity index (χ4v) is 2.01. The van der Waals surface area contributed by atoms with Crippen LogP contribution >= 0.6 is 0 Å². The highest BCUT2D eigenvalue weighted by Gasteiger charge is 2.09. The molecule has 0 bridgehead atoms. The zero-order valence-electron chi connectivity index (χ0n) is 11.0. The second kappa shape index (κ2) is 5.54. The molecule has 0 radical (unpaired) electrons. The van der Waals surface area contributed by atoms with Gasteiger partial charge in [-0.1, -0.05) is 31.2 Å². The molecular formula is C15H19N3. The molecule has 2 aromatic rings. The van der Waals surface area contributed by atoms with Gasteiger partial charge in [-0.05, 0) is 25.0 Å². The van der Waals surface area contributed by atoms with E-state index in [0.717, 1.165) is 18.1 Å². The van der Waals surface area contributed by atoms with Crippen molar-refractivity contribution < 1.29 is 0 Å². The number of para-hydroxylation sites is 1. The highest BCUT2D eigenvalue weighted by molar-refractivity contribution is 5.48. The first-order valence-corrected chi connectivity index (χ1v) is 6.25. The Labute approximate surface area is 108 Å². The van der Waals surface area contributed by atoms with Crippen LogP contribution in [0, 0.1) is 6.92 Å². The standard InChI is InChI=1S/C15H19N3/c1-4-10-16-15-17-12(3)11-18(15)14-9-7-6-8-13(14)5-2/h4,6-9,11H,1,5,10H2,2-3H3,(H,16,17). The second-order valence-electron chi connectivity index (χ2n) is 4.23. The minimum Gasteiger partial charge on any atom is -0.352 e. The monoisotopic (exact) mass is 241 g/mol. The number of aromatic nitrogens is 2. The smallest absolute Gasteiger partial charge is 0.207 e. The van der Waals surface area contributed by atoms with Gasteiger partial charge in [0.2, 0.25) is 5.95 Å². The predicted octanol–water partition coefficient (Wildman–Crippen LogP) is 3.34. The van der Waals surface area contributed by atoms with E-state index in [0.29, 0.717) is 6.54 Å². The zero-order chi connectivity index (χ0) is 13.0. The van der Waals surface area contributed by atoms with Crippen LogP contribution in [-0.4, -0.2) is 16.1 Å². The Kier molecular flexibility index (Phi) is 3.82. The number of anilines is 1. The Hall–Kier alpha value is -2.03. The first-order valence-electron chi connectivity index (χ1n) is 6.25. The normalized spacial score (nSPS) is 10.3. The summed E-state index contributed by atoms with van der Waals surface area (Å²) < 4.78 is 2.11. The van der Waals surface area contributed by atoms with Crippen LogP contribution in [0.1, 0.15) is 18.2 Å². The number of nitrogens with one attached hydrogen (secondary N) is 1. The van der Waals surface area contributed by atoms with Crippen molar-refractivity contribution in [3.63, 3.8) is 0 Å². The summed E-state index contributed by atoms with van der Waals surface area (Å²) in [6.07, 6.45) is 4.90. The average molecular weight is 241 g/mol. The van der Waals surface area contributed by atoms with Crippen molar-refractivity contribution in [1.29, 1.82) is 0 Å². The first kappa shape index (κ1) is 12.4. The molecule has 2 rings (SSSR count). The van der Waals surface area contributed by atoms with Gasteiger partial charge in [0.1, 0.15) is 0 Å². The maximum absolute atomic E-state index is 4.50. The van der Waals surface area contributed by atoms with Crippen molar-refractivity contribution in [2.75, 3.05) is 11.9 Å². The molecule has 18 heavy (non-hydrogen) atoms. The van der Waals surface area contributed by atoms with E-state index in [1.54, 1.807) is 0 Å². The van der Waals surface area contributed by atoms with Gasteiger partial charge in [-0.2, -0.15) is 0 Å². The van der Waals surface area contributed by atoms with Crippen LogP contribution < -0.4 is 5.32 Å². The van der Waals surface area contributed by atoms with Gasteiger partial charge in [-0.15, -0.1) is 6.58 Å². The SMILES string of the molecule is C=CCNc1nc(C)cn1-c1ccccc1CC. The number of benzene rings is 1. The maximum Gasteiger partial charge on any atom is 0.207 e. The van der Waals surface area contributed by atoms with Gasteiger partial charge >= 0.3 is 0 Å². The first-order chi connectivity index (χ1) is 8.76. The van der Waals surface area contributed by atoms with E-state index in [4.69, 9.17) is 0 Å². The summed E-state index contributed by atoms with van der Waals surface area (Å²) in [7, 11) is 0. The molecule has 3 nitrogen and oxygen atoms in total. The third kappa shape index (κ3) is 2.45. The Morgan fingerprint density at radius 3 is 2.89 bits per heavy atom. The molecule has 0 amide bonds. The van der Waals surface area contributed by atoms with Gasteiger partial charge in [0.25, 0.3) is 0 Å². The van der Waals surface area contributed by atoms with Crippen molar-refractivity contribution in [1.82, 2.24) is 9.55 Å². The van der Waals surface area contributed by atoms with Crippen LogP contribution in [0.25, 0.3) is 5.69 Å². The summed E-state index contributed by atoms with van der Waals surface area (Å²) in [5.74, 6) is 0.869. The van der Waals surface area contributed by atoms with E-state index in [1.165, 1.54) is 11.3 Å². The Balaban J connectivity index is 2.45. The second-order valence-corrected chi connectivity index (χ2v) is 4.23. The van der Waals surface area contributed by atoms with Crippen molar-refractivity contribution in [3.8, 4) is 5.69 Å². The number of imidazole rings is 1. The number of nitrogens with zero attached hydrogens (tertiary/aromatic N) is 2. The molecule has 0 fully saturated rings. The van der Waals surface area contributed by atoms with E-state index >= 15 is 0 Å². The molecule has 0 aliphatic rings. The van der Waals surface area contributed by atoms with Crippen LogP contribution in [0.2, 0.25) is 0 Å². The Morgan fingerprint density at radius 2 is 2.17 bits per heavy atom. The lowest BCUT2D eigenvalue weighted by molar-refractivity contribution is 0.996. The van der Waals surface area contributed by atoms with Crippen molar-refractivity contribution >= 4 is 5.95 Å². The van der Waals surface area contributed by atoms with E-state index in [9.17, 15) is 0 Å². The summed E-state index contributed by atoms with van der Waals surface area (Å²) in [5, 5.41) is 3.27. The third-order valence-electron chi connectivity index (χ3n) is 2.86. The topological polar surface area (TPSA) is 29.9 Å². The molecule has 0 atom stereocenters. The molecular weight excluding hydrogens is 222 g/mol. The molecule has 0 saturated heterocycles. The molecule has 0 saturated carbocycles. The average Bonchev–Trinajstić information content (AvgIpc) is 2.77. The summed E-state index contributed by atoms with van der Waals surface area (Å²) in [5.41, 5.74) is 3.51. The van der Waals surface area contributed by atoms with E-state index in [1.807, 2.05) is 13.0 Å². The molecule has 1 N–H and O–H groups in total. The highest BCUT2D eigenvalue weighted by atomic mass is 15.2. The van der Waals surface area contributed by atoms with E-state index < -0.39 is 0 Å². The molecule has 1 aromatic heterocycles. The quantitative estimate of drug-likeness (QED) is 0.814. The van der Waals surface area contributed by atoms with Gasteiger partial charge in [0, 0.05) is 12.7 Å². The van der Waals surface area contributed by atoms with Crippen molar-refractivity contribution in [2.24, 2.45) is 0 Å². The van der Waals surface area contributed by atoms with Gasteiger partial charge in [0.15, 0.2) is 0 Å². The van der Waals surface area contributed by atoms with Crippen LogP contribution in [-0.2, 0) is 6.42 Å². The molecule has 3 heteroatoms. The molecule has 1 heterocycles. The van der Waals surface area contributed by atoms with Gasteiger partial charge < -0.3 is 5.32 Å².